The van der Waals surface area contributed by atoms with E-state index in [0.29, 0.717) is 44.2 Å². The van der Waals surface area contributed by atoms with Crippen molar-refractivity contribution in [2.45, 2.75) is 39.3 Å². The largest absolute Gasteiger partial charge is 0.492 e. The molecule has 2 aliphatic rings. The lowest BCUT2D eigenvalue weighted by atomic mass is 10.2. The predicted octanol–water partition coefficient (Wildman–Crippen LogP) is 1.90. The molecule has 0 bridgehead atoms. The van der Waals surface area contributed by atoms with Gasteiger partial charge in [0, 0.05) is 38.3 Å². The zero-order chi connectivity index (χ0) is 21.7. The number of ether oxygens (including phenoxy) is 2. The molecule has 30 heavy (non-hydrogen) atoms. The average molecular weight is 418 g/mol. The first kappa shape index (κ1) is 21.7. The third kappa shape index (κ3) is 6.01. The molecule has 2 N–H and O–H groups in total. The van der Waals surface area contributed by atoms with Gasteiger partial charge in [0.2, 0.25) is 5.91 Å². The highest BCUT2D eigenvalue weighted by molar-refractivity contribution is 5.88. The number of carbonyl (C=O) groups is 2. The minimum absolute atomic E-state index is 0.116. The van der Waals surface area contributed by atoms with E-state index in [9.17, 15) is 9.59 Å². The number of piperazine rings is 1. The minimum atomic E-state index is -0.491. The molecule has 2 heterocycles. The minimum Gasteiger partial charge on any atom is -0.492 e. The van der Waals surface area contributed by atoms with Gasteiger partial charge in [0.25, 0.3) is 0 Å². The van der Waals surface area contributed by atoms with Crippen LogP contribution in [0.5, 0.6) is 5.75 Å². The molecular weight excluding hydrogens is 386 g/mol. The molecule has 1 aromatic carbocycles. The lowest BCUT2D eigenvalue weighted by Crippen LogP contribution is -2.57. The summed E-state index contributed by atoms with van der Waals surface area (Å²) >= 11 is 0. The summed E-state index contributed by atoms with van der Waals surface area (Å²) in [6, 6.07) is 7.47. The molecule has 0 radical (unpaired) electrons. The predicted molar refractivity (Wildman–Crippen MR) is 115 cm³/mol. The Morgan fingerprint density at radius 2 is 2.07 bits per heavy atom. The van der Waals surface area contributed by atoms with Gasteiger partial charge in [-0.15, -0.1) is 0 Å². The molecule has 1 atom stereocenters. The maximum Gasteiger partial charge on any atom is 0.410 e. The van der Waals surface area contributed by atoms with Crippen molar-refractivity contribution in [2.24, 2.45) is 4.99 Å². The lowest BCUT2D eigenvalue weighted by Gasteiger charge is -2.39. The van der Waals surface area contributed by atoms with Crippen LogP contribution in [-0.2, 0) is 9.53 Å². The fraction of sp³-hybridized carbons (Fsp3) is 0.571. The lowest BCUT2D eigenvalue weighted by molar-refractivity contribution is -0.114. The number of nitrogens with one attached hydrogen (secondary N) is 2. The van der Waals surface area contributed by atoms with Gasteiger partial charge in [-0.2, -0.15) is 0 Å². The molecule has 1 unspecified atom stereocenters. The molecular formula is C21H31N5O4. The fourth-order valence-electron chi connectivity index (χ4n) is 3.42. The van der Waals surface area contributed by atoms with Gasteiger partial charge >= 0.3 is 6.09 Å². The van der Waals surface area contributed by atoms with Crippen LogP contribution in [0.15, 0.2) is 29.3 Å². The first-order valence-corrected chi connectivity index (χ1v) is 10.2. The van der Waals surface area contributed by atoms with E-state index in [0.717, 1.165) is 12.5 Å². The molecule has 9 nitrogen and oxygen atoms in total. The second-order valence-electron chi connectivity index (χ2n) is 8.42. The smallest absolute Gasteiger partial charge is 0.410 e. The van der Waals surface area contributed by atoms with E-state index >= 15 is 0 Å². The van der Waals surface area contributed by atoms with E-state index < -0.39 is 5.60 Å². The Balaban J connectivity index is 1.41. The molecule has 2 amide bonds. The number of hydrogen-bond acceptors (Lipinski definition) is 7. The summed E-state index contributed by atoms with van der Waals surface area (Å²) in [4.78, 5) is 32.0. The van der Waals surface area contributed by atoms with E-state index in [2.05, 4.69) is 20.5 Å². The molecule has 9 heteroatoms. The molecule has 1 aromatic rings. The molecule has 0 aromatic heterocycles. The van der Waals surface area contributed by atoms with E-state index in [4.69, 9.17) is 9.47 Å². The highest BCUT2D eigenvalue weighted by Crippen LogP contribution is 2.19. The summed E-state index contributed by atoms with van der Waals surface area (Å²) in [5.74, 6) is 1.43. The zero-order valence-corrected chi connectivity index (χ0v) is 18.1. The first-order valence-electron chi connectivity index (χ1n) is 10.2. The SMILES string of the molecule is CC(=O)Nc1cccc(OCCNC2=NCC3CN(C(=O)OC(C)(C)C)CCN23)c1. The van der Waals surface area contributed by atoms with E-state index in [1.54, 1.807) is 11.0 Å². The summed E-state index contributed by atoms with van der Waals surface area (Å²) in [5.41, 5.74) is 0.216. The second-order valence-corrected chi connectivity index (χ2v) is 8.42. The zero-order valence-electron chi connectivity index (χ0n) is 18.1. The van der Waals surface area contributed by atoms with Crippen molar-refractivity contribution in [2.75, 3.05) is 44.6 Å². The summed E-state index contributed by atoms with van der Waals surface area (Å²) in [5, 5.41) is 6.06. The van der Waals surface area contributed by atoms with Crippen LogP contribution in [-0.4, -0.2) is 78.7 Å². The van der Waals surface area contributed by atoms with Crippen LogP contribution < -0.4 is 15.4 Å². The Hall–Kier alpha value is -2.97. The molecule has 1 saturated heterocycles. The number of hydrogen-bond donors (Lipinski definition) is 2. The van der Waals surface area contributed by atoms with Crippen LogP contribution in [0.4, 0.5) is 10.5 Å². The number of anilines is 1. The maximum atomic E-state index is 12.3. The Morgan fingerprint density at radius 1 is 1.27 bits per heavy atom. The molecule has 1 fully saturated rings. The molecule has 2 aliphatic heterocycles. The average Bonchev–Trinajstić information content (AvgIpc) is 3.06. The van der Waals surface area contributed by atoms with Crippen molar-refractivity contribution >= 4 is 23.6 Å². The van der Waals surface area contributed by atoms with Crippen LogP contribution in [0.1, 0.15) is 27.7 Å². The summed E-state index contributed by atoms with van der Waals surface area (Å²) < 4.78 is 11.2. The molecule has 0 spiro atoms. The fourth-order valence-corrected chi connectivity index (χ4v) is 3.42. The number of fused-ring (bicyclic) bond motifs is 1. The highest BCUT2D eigenvalue weighted by atomic mass is 16.6. The molecule has 0 aliphatic carbocycles. The van der Waals surface area contributed by atoms with Gasteiger partial charge in [-0.05, 0) is 32.9 Å². The number of nitrogens with zero attached hydrogens (tertiary/aromatic N) is 3. The van der Waals surface area contributed by atoms with Crippen LogP contribution in [0.3, 0.4) is 0 Å². The summed E-state index contributed by atoms with van der Waals surface area (Å²) in [6.45, 7) is 10.7. The Morgan fingerprint density at radius 3 is 2.80 bits per heavy atom. The van der Waals surface area contributed by atoms with Crippen molar-refractivity contribution in [1.29, 1.82) is 0 Å². The van der Waals surface area contributed by atoms with Crippen LogP contribution >= 0.6 is 0 Å². The normalized spacial score (nSPS) is 18.4. The quantitative estimate of drug-likeness (QED) is 0.711. The third-order valence-corrected chi connectivity index (χ3v) is 4.67. The number of rotatable bonds is 5. The highest BCUT2D eigenvalue weighted by Gasteiger charge is 2.36. The van der Waals surface area contributed by atoms with Crippen molar-refractivity contribution in [3.63, 3.8) is 0 Å². The van der Waals surface area contributed by atoms with Crippen molar-refractivity contribution in [3.05, 3.63) is 24.3 Å². The number of aliphatic imine (C=N–C) groups is 1. The molecule has 3 rings (SSSR count). The summed E-state index contributed by atoms with van der Waals surface area (Å²) in [7, 11) is 0. The van der Waals surface area contributed by atoms with Gasteiger partial charge in [0.1, 0.15) is 18.0 Å². The van der Waals surface area contributed by atoms with Crippen molar-refractivity contribution < 1.29 is 19.1 Å². The van der Waals surface area contributed by atoms with Crippen LogP contribution in [0, 0.1) is 0 Å². The van der Waals surface area contributed by atoms with Gasteiger partial charge in [0.15, 0.2) is 5.96 Å². The Kier molecular flexibility index (Phi) is 6.69. The van der Waals surface area contributed by atoms with Gasteiger partial charge in [-0.25, -0.2) is 4.79 Å². The van der Waals surface area contributed by atoms with Crippen LogP contribution in [0.2, 0.25) is 0 Å². The molecule has 0 saturated carbocycles. The van der Waals surface area contributed by atoms with Crippen molar-refractivity contribution in [3.8, 4) is 5.75 Å². The monoisotopic (exact) mass is 417 g/mol. The number of benzene rings is 1. The number of carbonyl (C=O) groups excluding carboxylic acids is 2. The topological polar surface area (TPSA) is 95.5 Å². The van der Waals surface area contributed by atoms with Gasteiger partial charge in [-0.3, -0.25) is 9.79 Å². The van der Waals surface area contributed by atoms with Gasteiger partial charge < -0.3 is 29.9 Å². The maximum absolute atomic E-state index is 12.3. The Bertz CT molecular complexity index is 805. The Labute approximate surface area is 177 Å². The molecule has 164 valence electrons. The van der Waals surface area contributed by atoms with E-state index in [1.165, 1.54) is 6.92 Å². The van der Waals surface area contributed by atoms with Crippen molar-refractivity contribution in [1.82, 2.24) is 15.1 Å². The summed E-state index contributed by atoms with van der Waals surface area (Å²) in [6.07, 6.45) is -0.265. The standard InChI is InChI=1S/C21H31N5O4/c1-15(27)24-16-6-5-7-18(12-16)29-11-8-22-19-23-13-17-14-25(9-10-26(17)19)20(28)30-21(2,3)4/h5-7,12,17H,8-11,13-14H2,1-4H3,(H,22,23)(H,24,27). The second kappa shape index (κ2) is 9.23. The number of guanidine groups is 1. The van der Waals surface area contributed by atoms with E-state index in [-0.39, 0.29) is 18.0 Å². The van der Waals surface area contributed by atoms with Gasteiger partial charge in [0.05, 0.1) is 19.1 Å². The van der Waals surface area contributed by atoms with Gasteiger partial charge in [-0.1, -0.05) is 6.07 Å². The number of amides is 2. The first-order chi connectivity index (χ1) is 14.2. The third-order valence-electron chi connectivity index (χ3n) is 4.67. The van der Waals surface area contributed by atoms with Crippen LogP contribution in [0.25, 0.3) is 0 Å². The van der Waals surface area contributed by atoms with E-state index in [1.807, 2.05) is 39.0 Å².